The van der Waals surface area contributed by atoms with Crippen LogP contribution in [0.25, 0.3) is 0 Å². The fraction of sp³-hybridized carbons (Fsp3) is 1.00. The average molecular weight is 224 g/mol. The fourth-order valence-corrected chi connectivity index (χ4v) is 1.60. The Balaban J connectivity index is 3.83. The first-order valence-electron chi connectivity index (χ1n) is 4.71. The van der Waals surface area contributed by atoms with Crippen LogP contribution in [0.2, 0.25) is 0 Å². The van der Waals surface area contributed by atoms with Crippen LogP contribution in [0.5, 0.6) is 0 Å². The second-order valence-electron chi connectivity index (χ2n) is 3.68. The second-order valence-corrected chi connectivity index (χ2v) is 5.42. The van der Waals surface area contributed by atoms with Gasteiger partial charge in [-0.1, -0.05) is 13.8 Å². The number of rotatable bonds is 7. The number of sulfonamides is 1. The third-order valence-electron chi connectivity index (χ3n) is 2.04. The van der Waals surface area contributed by atoms with E-state index in [4.69, 9.17) is 10.2 Å². The van der Waals surface area contributed by atoms with E-state index in [1.807, 2.05) is 13.8 Å². The first kappa shape index (κ1) is 13.8. The van der Waals surface area contributed by atoms with Gasteiger partial charge in [-0.15, -0.1) is 0 Å². The van der Waals surface area contributed by atoms with Crippen LogP contribution in [0.4, 0.5) is 0 Å². The molecular formula is C8H20N2O3S. The van der Waals surface area contributed by atoms with Gasteiger partial charge in [-0.05, 0) is 12.3 Å². The van der Waals surface area contributed by atoms with Gasteiger partial charge in [0.2, 0.25) is 10.0 Å². The molecule has 0 radical (unpaired) electrons. The Labute approximate surface area is 85.7 Å². The highest BCUT2D eigenvalue weighted by molar-refractivity contribution is 7.89. The van der Waals surface area contributed by atoms with E-state index in [0.717, 1.165) is 0 Å². The van der Waals surface area contributed by atoms with Crippen molar-refractivity contribution in [2.75, 3.05) is 18.9 Å². The second kappa shape index (κ2) is 6.34. The van der Waals surface area contributed by atoms with E-state index in [1.165, 1.54) is 0 Å². The van der Waals surface area contributed by atoms with Crippen molar-refractivity contribution < 1.29 is 13.5 Å². The van der Waals surface area contributed by atoms with Crippen LogP contribution in [0.15, 0.2) is 0 Å². The lowest BCUT2D eigenvalue weighted by molar-refractivity contribution is 0.246. The molecule has 0 aliphatic rings. The van der Waals surface area contributed by atoms with Crippen LogP contribution < -0.4 is 10.5 Å². The summed E-state index contributed by atoms with van der Waals surface area (Å²) in [6, 6.07) is 0.141. The molecule has 0 heterocycles. The molecule has 0 fully saturated rings. The summed E-state index contributed by atoms with van der Waals surface area (Å²) < 4.78 is 21.3. The molecule has 0 aliphatic carbocycles. The largest absolute Gasteiger partial charge is 0.396 e. The molecule has 0 aromatic heterocycles. The van der Waals surface area contributed by atoms with Crippen LogP contribution in [0.1, 0.15) is 20.3 Å². The standard InChI is InChI=1S/C8H20N2O3S/c1-7(2)8(3-5-11)10-4-6-14(9,12)13/h7-8,10-11H,3-6H2,1-2H3,(H2,9,12,13). The molecule has 1 atom stereocenters. The first-order valence-corrected chi connectivity index (χ1v) is 6.43. The highest BCUT2D eigenvalue weighted by Crippen LogP contribution is 2.04. The zero-order valence-corrected chi connectivity index (χ0v) is 9.55. The van der Waals surface area contributed by atoms with Gasteiger partial charge in [-0.25, -0.2) is 13.6 Å². The molecule has 5 nitrogen and oxygen atoms in total. The lowest BCUT2D eigenvalue weighted by Crippen LogP contribution is -2.38. The van der Waals surface area contributed by atoms with Gasteiger partial charge in [0.05, 0.1) is 5.75 Å². The molecule has 4 N–H and O–H groups in total. The monoisotopic (exact) mass is 224 g/mol. The van der Waals surface area contributed by atoms with Gasteiger partial charge in [0.25, 0.3) is 0 Å². The van der Waals surface area contributed by atoms with Crippen molar-refractivity contribution in [3.63, 3.8) is 0 Å². The number of aliphatic hydroxyl groups excluding tert-OH is 1. The molecule has 0 saturated heterocycles. The number of primary sulfonamides is 1. The topological polar surface area (TPSA) is 92.4 Å². The Bertz CT molecular complexity index is 239. The number of hydrogen-bond donors (Lipinski definition) is 3. The third kappa shape index (κ3) is 7.25. The van der Waals surface area contributed by atoms with Gasteiger partial charge in [0.1, 0.15) is 0 Å². The lowest BCUT2D eigenvalue weighted by Gasteiger charge is -2.21. The van der Waals surface area contributed by atoms with Gasteiger partial charge < -0.3 is 10.4 Å². The zero-order chi connectivity index (χ0) is 11.2. The van der Waals surface area contributed by atoms with E-state index in [-0.39, 0.29) is 18.4 Å². The molecule has 0 spiro atoms. The Hall–Kier alpha value is -0.170. The van der Waals surface area contributed by atoms with Crippen molar-refractivity contribution in [3.05, 3.63) is 0 Å². The minimum Gasteiger partial charge on any atom is -0.396 e. The number of hydrogen-bond acceptors (Lipinski definition) is 4. The van der Waals surface area contributed by atoms with Crippen molar-refractivity contribution in [3.8, 4) is 0 Å². The smallest absolute Gasteiger partial charge is 0.210 e. The molecule has 0 saturated carbocycles. The van der Waals surface area contributed by atoms with Crippen LogP contribution in [0, 0.1) is 5.92 Å². The summed E-state index contributed by atoms with van der Waals surface area (Å²) in [5.41, 5.74) is 0. The summed E-state index contributed by atoms with van der Waals surface area (Å²) in [5.74, 6) is 0.296. The predicted molar refractivity (Wildman–Crippen MR) is 56.3 cm³/mol. The van der Waals surface area contributed by atoms with Crippen LogP contribution in [-0.2, 0) is 10.0 Å². The molecule has 0 aliphatic heterocycles. The average Bonchev–Trinajstić information content (AvgIpc) is 2.00. The van der Waals surface area contributed by atoms with Gasteiger partial charge in [0.15, 0.2) is 0 Å². The molecule has 1 unspecified atom stereocenters. The molecule has 0 aromatic carbocycles. The zero-order valence-electron chi connectivity index (χ0n) is 8.73. The normalized spacial score (nSPS) is 14.6. The van der Waals surface area contributed by atoms with Gasteiger partial charge >= 0.3 is 0 Å². The molecule has 0 bridgehead atoms. The molecule has 0 amide bonds. The van der Waals surface area contributed by atoms with Crippen molar-refractivity contribution in [1.29, 1.82) is 0 Å². The van der Waals surface area contributed by atoms with E-state index in [0.29, 0.717) is 18.9 Å². The maximum Gasteiger partial charge on any atom is 0.210 e. The van der Waals surface area contributed by atoms with Crippen molar-refractivity contribution >= 4 is 10.0 Å². The third-order valence-corrected chi connectivity index (χ3v) is 2.81. The molecule has 0 rings (SSSR count). The molecule has 86 valence electrons. The molecule has 0 aromatic rings. The van der Waals surface area contributed by atoms with E-state index >= 15 is 0 Å². The van der Waals surface area contributed by atoms with E-state index < -0.39 is 10.0 Å². The van der Waals surface area contributed by atoms with E-state index in [2.05, 4.69) is 5.32 Å². The maximum absolute atomic E-state index is 10.6. The summed E-state index contributed by atoms with van der Waals surface area (Å²) in [5, 5.41) is 16.7. The molecule has 14 heavy (non-hydrogen) atoms. The summed E-state index contributed by atoms with van der Waals surface area (Å²) in [6.07, 6.45) is 0.627. The summed E-state index contributed by atoms with van der Waals surface area (Å²) in [4.78, 5) is 0. The van der Waals surface area contributed by atoms with Crippen molar-refractivity contribution in [1.82, 2.24) is 5.32 Å². The fourth-order valence-electron chi connectivity index (χ4n) is 1.20. The predicted octanol–water partition coefficient (Wildman–Crippen LogP) is -0.728. The summed E-state index contributed by atoms with van der Waals surface area (Å²) in [7, 11) is -3.39. The van der Waals surface area contributed by atoms with E-state index in [1.54, 1.807) is 0 Å². The summed E-state index contributed by atoms with van der Waals surface area (Å²) in [6.45, 7) is 4.47. The molecule has 6 heteroatoms. The Morgan fingerprint density at radius 3 is 2.36 bits per heavy atom. The van der Waals surface area contributed by atoms with Crippen LogP contribution >= 0.6 is 0 Å². The van der Waals surface area contributed by atoms with Crippen LogP contribution in [0.3, 0.4) is 0 Å². The number of nitrogens with two attached hydrogens (primary N) is 1. The molecular weight excluding hydrogens is 204 g/mol. The number of aliphatic hydroxyl groups is 1. The number of nitrogens with one attached hydrogen (secondary N) is 1. The lowest BCUT2D eigenvalue weighted by atomic mass is 10.0. The van der Waals surface area contributed by atoms with Gasteiger partial charge in [0, 0.05) is 19.2 Å². The van der Waals surface area contributed by atoms with Crippen LogP contribution in [-0.4, -0.2) is 38.5 Å². The van der Waals surface area contributed by atoms with Crippen molar-refractivity contribution in [2.45, 2.75) is 26.3 Å². The highest BCUT2D eigenvalue weighted by atomic mass is 32.2. The van der Waals surface area contributed by atoms with Crippen molar-refractivity contribution in [2.24, 2.45) is 11.1 Å². The van der Waals surface area contributed by atoms with E-state index in [9.17, 15) is 8.42 Å². The summed E-state index contributed by atoms with van der Waals surface area (Å²) >= 11 is 0. The van der Waals surface area contributed by atoms with Gasteiger partial charge in [-0.3, -0.25) is 0 Å². The van der Waals surface area contributed by atoms with Gasteiger partial charge in [-0.2, -0.15) is 0 Å². The first-order chi connectivity index (χ1) is 6.37. The Morgan fingerprint density at radius 1 is 1.43 bits per heavy atom. The minimum atomic E-state index is -3.39. The minimum absolute atomic E-state index is 0.0678. The Kier molecular flexibility index (Phi) is 6.26. The maximum atomic E-state index is 10.6. The Morgan fingerprint density at radius 2 is 2.00 bits per heavy atom. The SMILES string of the molecule is CC(C)C(CCO)NCCS(N)(=O)=O. The highest BCUT2D eigenvalue weighted by Gasteiger charge is 2.12. The quantitative estimate of drug-likeness (QED) is 0.531.